The normalized spacial score (nSPS) is 13.6. The number of hydrogen-bond acceptors (Lipinski definition) is 2. The van der Waals surface area contributed by atoms with Gasteiger partial charge in [-0.25, -0.2) is 4.79 Å². The van der Waals surface area contributed by atoms with Gasteiger partial charge in [-0.15, -0.1) is 0 Å². The lowest BCUT2D eigenvalue weighted by atomic mass is 10.1. The molecule has 3 aromatic carbocycles. The second-order valence-electron chi connectivity index (χ2n) is 7.60. The van der Waals surface area contributed by atoms with Crippen LogP contribution in [0.1, 0.15) is 28.4 Å². The van der Waals surface area contributed by atoms with Gasteiger partial charge in [0, 0.05) is 10.6 Å². The van der Waals surface area contributed by atoms with E-state index in [4.69, 9.17) is 16.3 Å². The molecule has 0 aliphatic rings. The summed E-state index contributed by atoms with van der Waals surface area (Å²) >= 11 is 6.04. The van der Waals surface area contributed by atoms with Gasteiger partial charge in [-0.3, -0.25) is 0 Å². The molecule has 0 N–H and O–H groups in total. The molecule has 0 aliphatic heterocycles. The van der Waals surface area contributed by atoms with Crippen LogP contribution in [0.5, 0.6) is 0 Å². The summed E-state index contributed by atoms with van der Waals surface area (Å²) in [5.74, 6) is -0.339. The average Bonchev–Trinajstić information content (AvgIpc) is 2.69. The summed E-state index contributed by atoms with van der Waals surface area (Å²) in [6.07, 6.45) is -0.268. The molecule has 4 heteroatoms. The van der Waals surface area contributed by atoms with Crippen LogP contribution >= 0.6 is 11.6 Å². The van der Waals surface area contributed by atoms with Gasteiger partial charge in [-0.1, -0.05) is 96.6 Å². The lowest BCUT2D eigenvalue weighted by Crippen LogP contribution is -2.52. The minimum absolute atomic E-state index is 0.124. The fourth-order valence-electron chi connectivity index (χ4n) is 3.90. The topological polar surface area (TPSA) is 26.3 Å². The van der Waals surface area contributed by atoms with E-state index in [0.29, 0.717) is 10.6 Å². The van der Waals surface area contributed by atoms with E-state index in [0.717, 1.165) is 0 Å². The van der Waals surface area contributed by atoms with Gasteiger partial charge in [0.2, 0.25) is 0 Å². The molecule has 3 aromatic rings. The quantitative estimate of drug-likeness (QED) is 0.379. The molecule has 3 rings (SSSR count). The van der Waals surface area contributed by atoms with E-state index in [1.165, 1.54) is 10.8 Å². The van der Waals surface area contributed by atoms with Crippen molar-refractivity contribution in [3.05, 3.63) is 101 Å². The van der Waals surface area contributed by atoms with Crippen LogP contribution in [-0.2, 0) is 4.74 Å². The summed E-state index contributed by atoms with van der Waals surface area (Å²) in [5.41, 5.74) is 1.80. The zero-order chi connectivity index (χ0) is 20.1. The third-order valence-corrected chi connectivity index (χ3v) is 9.69. The molecule has 0 aliphatic carbocycles. The number of halogens is 1. The Balaban J connectivity index is 1.94. The highest BCUT2D eigenvalue weighted by Gasteiger charge is 2.40. The lowest BCUT2D eigenvalue weighted by Gasteiger charge is -2.37. The van der Waals surface area contributed by atoms with Crippen molar-refractivity contribution in [2.45, 2.75) is 31.7 Å². The Morgan fingerprint density at radius 2 is 1.50 bits per heavy atom. The predicted octanol–water partition coefficient (Wildman–Crippen LogP) is 5.82. The standard InChI is InChI=1S/C24H25ClO2Si/c1-18(27-24(26)20-13-10-14-21(25)17-20)23(19-11-6-4-7-12-19)28(2,3)22-15-8-5-9-16-22/h4-18,23H,1-3H3/t18?,23-/m0/s1. The molecule has 144 valence electrons. The van der Waals surface area contributed by atoms with E-state index in [2.05, 4.69) is 49.5 Å². The molecule has 2 nitrogen and oxygen atoms in total. The molecule has 0 heterocycles. The van der Waals surface area contributed by atoms with Crippen LogP contribution in [0, 0.1) is 0 Å². The Bertz CT molecular complexity index is 926. The van der Waals surface area contributed by atoms with Gasteiger partial charge in [-0.05, 0) is 30.7 Å². The van der Waals surface area contributed by atoms with Crippen LogP contribution in [0.4, 0.5) is 0 Å². The Labute approximate surface area is 173 Å². The molecule has 0 saturated heterocycles. The molecule has 0 amide bonds. The fraction of sp³-hybridized carbons (Fsp3) is 0.208. The maximum Gasteiger partial charge on any atom is 0.338 e. The van der Waals surface area contributed by atoms with E-state index in [1.807, 2.05) is 31.2 Å². The molecular formula is C24H25ClO2Si. The highest BCUT2D eigenvalue weighted by atomic mass is 35.5. The first-order chi connectivity index (χ1) is 13.4. The minimum Gasteiger partial charge on any atom is -0.459 e. The number of ether oxygens (including phenoxy) is 1. The van der Waals surface area contributed by atoms with Gasteiger partial charge in [0.1, 0.15) is 6.10 Å². The van der Waals surface area contributed by atoms with Gasteiger partial charge in [0.05, 0.1) is 13.6 Å². The third kappa shape index (κ3) is 4.54. The molecule has 28 heavy (non-hydrogen) atoms. The molecule has 0 aromatic heterocycles. The first-order valence-electron chi connectivity index (χ1n) is 9.46. The Morgan fingerprint density at radius 3 is 2.11 bits per heavy atom. The number of benzene rings is 3. The number of hydrogen-bond donors (Lipinski definition) is 0. The lowest BCUT2D eigenvalue weighted by molar-refractivity contribution is 0.0327. The second kappa shape index (κ2) is 8.76. The molecule has 0 fully saturated rings. The van der Waals surface area contributed by atoms with E-state index in [1.54, 1.807) is 24.3 Å². The van der Waals surface area contributed by atoms with Crippen molar-refractivity contribution in [2.24, 2.45) is 0 Å². The van der Waals surface area contributed by atoms with Crippen molar-refractivity contribution in [1.82, 2.24) is 0 Å². The highest BCUT2D eigenvalue weighted by Crippen LogP contribution is 2.32. The largest absolute Gasteiger partial charge is 0.459 e. The van der Waals surface area contributed by atoms with Crippen LogP contribution in [0.15, 0.2) is 84.9 Å². The van der Waals surface area contributed by atoms with Crippen LogP contribution in [0.25, 0.3) is 0 Å². The summed E-state index contributed by atoms with van der Waals surface area (Å²) in [5, 5.41) is 1.87. The molecule has 0 bridgehead atoms. The van der Waals surface area contributed by atoms with Crippen LogP contribution < -0.4 is 5.19 Å². The number of carbonyl (C=O) groups excluding carboxylic acids is 1. The highest BCUT2D eigenvalue weighted by molar-refractivity contribution is 6.91. The second-order valence-corrected chi connectivity index (χ2v) is 12.7. The van der Waals surface area contributed by atoms with Gasteiger partial charge < -0.3 is 4.74 Å². The van der Waals surface area contributed by atoms with E-state index >= 15 is 0 Å². The van der Waals surface area contributed by atoms with Crippen molar-refractivity contribution in [3.63, 3.8) is 0 Å². The monoisotopic (exact) mass is 408 g/mol. The summed E-state index contributed by atoms with van der Waals surface area (Å²) < 4.78 is 5.95. The zero-order valence-corrected chi connectivity index (χ0v) is 18.2. The van der Waals surface area contributed by atoms with E-state index in [-0.39, 0.29) is 17.6 Å². The molecule has 0 spiro atoms. The number of rotatable bonds is 6. The third-order valence-electron chi connectivity index (χ3n) is 5.28. The summed E-state index contributed by atoms with van der Waals surface area (Å²) in [7, 11) is -1.99. The number of carbonyl (C=O) groups is 1. The van der Waals surface area contributed by atoms with Crippen molar-refractivity contribution >= 4 is 30.8 Å². The smallest absolute Gasteiger partial charge is 0.338 e. The van der Waals surface area contributed by atoms with Gasteiger partial charge in [-0.2, -0.15) is 0 Å². The van der Waals surface area contributed by atoms with Crippen LogP contribution in [0.2, 0.25) is 18.1 Å². The minimum atomic E-state index is -1.99. The summed E-state index contributed by atoms with van der Waals surface area (Å²) in [4.78, 5) is 12.7. The maximum atomic E-state index is 12.7. The first kappa shape index (κ1) is 20.4. The van der Waals surface area contributed by atoms with Gasteiger partial charge in [0.15, 0.2) is 0 Å². The van der Waals surface area contributed by atoms with Crippen molar-refractivity contribution in [3.8, 4) is 0 Å². The van der Waals surface area contributed by atoms with Crippen molar-refractivity contribution < 1.29 is 9.53 Å². The SMILES string of the molecule is CC(OC(=O)c1cccc(Cl)c1)[C@@H](c1ccccc1)[Si](C)(C)c1ccccc1. The average molecular weight is 409 g/mol. The van der Waals surface area contributed by atoms with Gasteiger partial charge in [0.25, 0.3) is 0 Å². The van der Waals surface area contributed by atoms with Crippen LogP contribution in [-0.4, -0.2) is 20.1 Å². The summed E-state index contributed by atoms with van der Waals surface area (Å²) in [6, 6.07) is 27.8. The van der Waals surface area contributed by atoms with Crippen molar-refractivity contribution in [2.75, 3.05) is 0 Å². The molecular weight excluding hydrogens is 384 g/mol. The predicted molar refractivity (Wildman–Crippen MR) is 119 cm³/mol. The molecule has 0 saturated carbocycles. The molecule has 1 unspecified atom stereocenters. The zero-order valence-electron chi connectivity index (χ0n) is 16.4. The van der Waals surface area contributed by atoms with E-state index in [9.17, 15) is 4.79 Å². The first-order valence-corrected chi connectivity index (χ1v) is 12.9. The van der Waals surface area contributed by atoms with Gasteiger partial charge >= 0.3 is 5.97 Å². The Hall–Kier alpha value is -2.36. The summed E-state index contributed by atoms with van der Waals surface area (Å²) in [6.45, 7) is 6.67. The Morgan fingerprint density at radius 1 is 0.893 bits per heavy atom. The van der Waals surface area contributed by atoms with E-state index < -0.39 is 8.07 Å². The van der Waals surface area contributed by atoms with Crippen LogP contribution in [0.3, 0.4) is 0 Å². The fourth-order valence-corrected chi connectivity index (χ4v) is 7.77. The van der Waals surface area contributed by atoms with Crippen molar-refractivity contribution in [1.29, 1.82) is 0 Å². The maximum absolute atomic E-state index is 12.7. The number of esters is 1. The Kier molecular flexibility index (Phi) is 6.37. The molecule has 2 atom stereocenters. The molecule has 0 radical (unpaired) electrons.